The normalized spacial score (nSPS) is 10.5. The maximum atomic E-state index is 12.4. The molecule has 0 bridgehead atoms. The number of carbonyl (C=O) groups excluding carboxylic acids is 2. The first-order valence-electron chi connectivity index (χ1n) is 10.7. The number of hydrogen-bond donors (Lipinski definition) is 3. The summed E-state index contributed by atoms with van der Waals surface area (Å²) in [6.07, 6.45) is 1.82. The molecular weight excluding hydrogens is 468 g/mol. The molecule has 0 unspecified atom stereocenters. The van der Waals surface area contributed by atoms with Crippen molar-refractivity contribution < 1.29 is 19.1 Å². The van der Waals surface area contributed by atoms with Crippen LogP contribution in [-0.4, -0.2) is 31.0 Å². The fourth-order valence-corrected chi connectivity index (χ4v) is 3.60. The fourth-order valence-electron chi connectivity index (χ4n) is 3.47. The number of fused-ring (bicyclic) bond motifs is 1. The Kier molecular flexibility index (Phi) is 7.32. The van der Waals surface area contributed by atoms with E-state index in [2.05, 4.69) is 21.2 Å². The summed E-state index contributed by atoms with van der Waals surface area (Å²) in [5.74, 6) is 0.434. The molecule has 8 nitrogen and oxygen atoms in total. The Morgan fingerprint density at radius 1 is 0.886 bits per heavy atom. The zero-order chi connectivity index (χ0) is 24.8. The average molecular weight is 491 g/mol. The lowest BCUT2D eigenvalue weighted by Gasteiger charge is -2.13. The first-order valence-corrected chi connectivity index (χ1v) is 11.1. The number of benzene rings is 3. The van der Waals surface area contributed by atoms with Gasteiger partial charge in [-0.2, -0.15) is 0 Å². The molecule has 2 amide bonds. The van der Waals surface area contributed by atoms with E-state index in [1.165, 1.54) is 0 Å². The van der Waals surface area contributed by atoms with Gasteiger partial charge in [0.05, 0.1) is 26.2 Å². The molecule has 0 aliphatic heterocycles. The van der Waals surface area contributed by atoms with Gasteiger partial charge in [-0.05, 0) is 54.1 Å². The van der Waals surface area contributed by atoms with Crippen LogP contribution in [0.4, 0.5) is 11.4 Å². The second-order valence-electron chi connectivity index (χ2n) is 7.59. The van der Waals surface area contributed by atoms with E-state index in [0.717, 1.165) is 27.8 Å². The van der Waals surface area contributed by atoms with Crippen LogP contribution in [-0.2, 0) is 11.2 Å². The first kappa shape index (κ1) is 23.8. The lowest BCUT2D eigenvalue weighted by molar-refractivity contribution is -0.121. The second-order valence-corrected chi connectivity index (χ2v) is 8.03. The molecule has 1 aromatic heterocycles. The van der Waals surface area contributed by atoms with Gasteiger partial charge in [-0.25, -0.2) is 0 Å². The number of anilines is 2. The second kappa shape index (κ2) is 10.8. The van der Waals surface area contributed by atoms with Crippen molar-refractivity contribution in [3.8, 4) is 11.5 Å². The monoisotopic (exact) mass is 490 g/mol. The fraction of sp³-hybridized carbons (Fsp3) is 0.115. The zero-order valence-corrected chi connectivity index (χ0v) is 19.8. The van der Waals surface area contributed by atoms with Gasteiger partial charge >= 0.3 is 0 Å². The molecule has 4 rings (SSSR count). The third kappa shape index (κ3) is 5.80. The number of nitrogens with one attached hydrogen (secondary N) is 3. The lowest BCUT2D eigenvalue weighted by Crippen LogP contribution is -2.42. The van der Waals surface area contributed by atoms with E-state index < -0.39 is 5.91 Å². The lowest BCUT2D eigenvalue weighted by atomic mass is 10.1. The number of nitrogens with zero attached hydrogens (tertiary/aromatic N) is 1. The molecule has 0 radical (unpaired) electrons. The van der Waals surface area contributed by atoms with E-state index in [1.54, 1.807) is 68.9 Å². The molecule has 0 saturated carbocycles. The number of rotatable bonds is 7. The minimum atomic E-state index is -0.424. The van der Waals surface area contributed by atoms with Crippen LogP contribution in [0.1, 0.15) is 15.9 Å². The maximum Gasteiger partial charge on any atom is 0.269 e. The molecule has 0 aliphatic carbocycles. The number of carbonyl (C=O) groups is 2. The van der Waals surface area contributed by atoms with E-state index in [4.69, 9.17) is 21.1 Å². The van der Waals surface area contributed by atoms with Crippen molar-refractivity contribution in [2.75, 3.05) is 19.5 Å². The minimum absolute atomic E-state index is 0.122. The van der Waals surface area contributed by atoms with Crippen molar-refractivity contribution in [3.05, 3.63) is 89.1 Å². The molecule has 0 saturated heterocycles. The van der Waals surface area contributed by atoms with Crippen LogP contribution in [0.2, 0.25) is 5.02 Å². The summed E-state index contributed by atoms with van der Waals surface area (Å²) in [5.41, 5.74) is 8.38. The molecule has 3 N–H and O–H groups in total. The summed E-state index contributed by atoms with van der Waals surface area (Å²) in [6, 6.07) is 19.3. The minimum Gasteiger partial charge on any atom is -0.493 e. The van der Waals surface area contributed by atoms with Crippen LogP contribution in [0.15, 0.2) is 72.9 Å². The quantitative estimate of drug-likeness (QED) is 0.326. The molecule has 178 valence electrons. The van der Waals surface area contributed by atoms with Crippen LogP contribution >= 0.6 is 11.6 Å². The summed E-state index contributed by atoms with van der Waals surface area (Å²) in [6.45, 7) is 0. The van der Waals surface area contributed by atoms with Crippen molar-refractivity contribution >= 4 is 45.7 Å². The van der Waals surface area contributed by atoms with Crippen molar-refractivity contribution in [2.45, 2.75) is 6.42 Å². The van der Waals surface area contributed by atoms with Gasteiger partial charge in [0.1, 0.15) is 0 Å². The molecule has 4 aromatic rings. The summed E-state index contributed by atoms with van der Waals surface area (Å²) < 4.78 is 10.8. The third-order valence-electron chi connectivity index (χ3n) is 5.27. The van der Waals surface area contributed by atoms with Gasteiger partial charge in [0.15, 0.2) is 11.5 Å². The molecule has 1 heterocycles. The van der Waals surface area contributed by atoms with Crippen LogP contribution in [0.25, 0.3) is 10.9 Å². The number of aromatic nitrogens is 1. The number of methoxy groups -OCH3 is 2. The molecule has 35 heavy (non-hydrogen) atoms. The maximum absolute atomic E-state index is 12.4. The highest BCUT2D eigenvalue weighted by Crippen LogP contribution is 2.35. The molecule has 0 atom stereocenters. The van der Waals surface area contributed by atoms with Gasteiger partial charge in [0.25, 0.3) is 5.91 Å². The highest BCUT2D eigenvalue weighted by atomic mass is 35.5. The molecular formula is C26H23ClN4O4. The van der Waals surface area contributed by atoms with E-state index in [9.17, 15) is 9.59 Å². The number of halogens is 1. The van der Waals surface area contributed by atoms with Crippen LogP contribution in [0, 0.1) is 0 Å². The van der Waals surface area contributed by atoms with Crippen molar-refractivity contribution in [1.29, 1.82) is 0 Å². The Labute approximate surface area is 207 Å². The van der Waals surface area contributed by atoms with Gasteiger partial charge in [0.2, 0.25) is 5.91 Å². The van der Waals surface area contributed by atoms with Crippen LogP contribution < -0.4 is 25.6 Å². The Morgan fingerprint density at radius 3 is 2.26 bits per heavy atom. The topological polar surface area (TPSA) is 102 Å². The largest absolute Gasteiger partial charge is 0.493 e. The Bertz CT molecular complexity index is 1360. The molecule has 0 aliphatic rings. The Morgan fingerprint density at radius 2 is 1.57 bits per heavy atom. The van der Waals surface area contributed by atoms with Crippen molar-refractivity contribution in [2.24, 2.45) is 0 Å². The highest BCUT2D eigenvalue weighted by Gasteiger charge is 2.11. The van der Waals surface area contributed by atoms with E-state index in [1.807, 2.05) is 18.2 Å². The van der Waals surface area contributed by atoms with Crippen molar-refractivity contribution in [1.82, 2.24) is 15.8 Å². The number of ether oxygens (including phenoxy) is 2. The molecule has 0 fully saturated rings. The summed E-state index contributed by atoms with van der Waals surface area (Å²) in [5, 5.41) is 4.79. The number of hydrogen-bond acceptors (Lipinski definition) is 6. The van der Waals surface area contributed by atoms with Gasteiger partial charge in [0, 0.05) is 39.6 Å². The van der Waals surface area contributed by atoms with E-state index in [0.29, 0.717) is 22.1 Å². The number of pyridine rings is 1. The standard InChI is InChI=1S/C26H23ClN4O4/c1-34-23-14-20-21(11-12-28-22(20)15-24(23)35-2)29-19-9-5-17(6-10-19)26(33)31-30-25(32)13-16-3-7-18(27)8-4-16/h3-12,14-15H,13H2,1-2H3,(H,28,29)(H,30,32)(H,31,33). The average Bonchev–Trinajstić information content (AvgIpc) is 2.88. The van der Waals surface area contributed by atoms with E-state index >= 15 is 0 Å². The van der Waals surface area contributed by atoms with Gasteiger partial charge in [-0.15, -0.1) is 0 Å². The predicted octanol–water partition coefficient (Wildman–Crippen LogP) is 4.65. The van der Waals surface area contributed by atoms with Crippen molar-refractivity contribution in [3.63, 3.8) is 0 Å². The van der Waals surface area contributed by atoms with Gasteiger partial charge in [-0.1, -0.05) is 23.7 Å². The highest BCUT2D eigenvalue weighted by molar-refractivity contribution is 6.30. The zero-order valence-electron chi connectivity index (χ0n) is 19.1. The number of amides is 2. The Balaban J connectivity index is 1.40. The third-order valence-corrected chi connectivity index (χ3v) is 5.52. The van der Waals surface area contributed by atoms with Crippen LogP contribution in [0.5, 0.6) is 11.5 Å². The first-order chi connectivity index (χ1) is 17.0. The molecule has 0 spiro atoms. The summed E-state index contributed by atoms with van der Waals surface area (Å²) in [7, 11) is 3.16. The molecule has 9 heteroatoms. The molecule has 3 aromatic carbocycles. The van der Waals surface area contributed by atoms with Gasteiger partial charge < -0.3 is 14.8 Å². The summed E-state index contributed by atoms with van der Waals surface area (Å²) >= 11 is 5.85. The SMILES string of the molecule is COc1cc2nccc(Nc3ccc(C(=O)NNC(=O)Cc4ccc(Cl)cc4)cc3)c2cc1OC. The Hall–Kier alpha value is -4.30. The predicted molar refractivity (Wildman–Crippen MR) is 135 cm³/mol. The number of hydrazine groups is 1. The van der Waals surface area contributed by atoms with Crippen LogP contribution in [0.3, 0.4) is 0 Å². The summed E-state index contributed by atoms with van der Waals surface area (Å²) in [4.78, 5) is 28.9. The smallest absolute Gasteiger partial charge is 0.269 e. The van der Waals surface area contributed by atoms with Gasteiger partial charge in [-0.3, -0.25) is 25.4 Å². The van der Waals surface area contributed by atoms with E-state index in [-0.39, 0.29) is 12.3 Å².